The Morgan fingerprint density at radius 1 is 1.40 bits per heavy atom. The number of amides is 1. The van der Waals surface area contributed by atoms with Crippen molar-refractivity contribution in [2.24, 2.45) is 5.41 Å². The van der Waals surface area contributed by atoms with Gasteiger partial charge in [0.15, 0.2) is 0 Å². The lowest BCUT2D eigenvalue weighted by Gasteiger charge is -2.23. The third kappa shape index (κ3) is 5.34. The van der Waals surface area contributed by atoms with Crippen LogP contribution in [-0.4, -0.2) is 28.5 Å². The highest BCUT2D eigenvalue weighted by molar-refractivity contribution is 5.94. The second-order valence-corrected chi connectivity index (χ2v) is 5.41. The highest BCUT2D eigenvalue weighted by Crippen LogP contribution is 2.26. The van der Waals surface area contributed by atoms with E-state index in [1.54, 1.807) is 0 Å². The first-order valence-corrected chi connectivity index (χ1v) is 6.42. The van der Waals surface area contributed by atoms with Gasteiger partial charge in [-0.2, -0.15) is 4.39 Å². The van der Waals surface area contributed by atoms with E-state index in [-0.39, 0.29) is 17.4 Å². The molecule has 1 rings (SSSR count). The minimum atomic E-state index is -0.834. The number of rotatable bonds is 7. The number of nitrogens with one attached hydrogen (secondary N) is 1. The van der Waals surface area contributed by atoms with Gasteiger partial charge in [0.2, 0.25) is 5.95 Å². The number of carboxylic acid groups (broad SMARTS) is 1. The summed E-state index contributed by atoms with van der Waals surface area (Å²) in [6, 6.07) is 2.86. The molecular weight excluding hydrogens is 263 g/mol. The summed E-state index contributed by atoms with van der Waals surface area (Å²) in [7, 11) is 0. The monoisotopic (exact) mass is 282 g/mol. The van der Waals surface area contributed by atoms with Gasteiger partial charge in [0, 0.05) is 19.2 Å². The Balaban J connectivity index is 2.42. The van der Waals surface area contributed by atoms with E-state index in [0.717, 1.165) is 0 Å². The number of hydrogen-bond donors (Lipinski definition) is 2. The van der Waals surface area contributed by atoms with Gasteiger partial charge in [0.1, 0.15) is 0 Å². The molecule has 0 atom stereocenters. The highest BCUT2D eigenvalue weighted by atomic mass is 19.1. The Labute approximate surface area is 117 Å². The molecule has 2 N–H and O–H groups in total. The number of aliphatic carboxylic acids is 1. The van der Waals surface area contributed by atoms with Gasteiger partial charge in [0.25, 0.3) is 5.91 Å². The van der Waals surface area contributed by atoms with Crippen molar-refractivity contribution in [3.05, 3.63) is 29.8 Å². The molecular formula is C14H19FN2O3. The van der Waals surface area contributed by atoms with Crippen LogP contribution < -0.4 is 5.32 Å². The van der Waals surface area contributed by atoms with Crippen LogP contribution >= 0.6 is 0 Å². The molecule has 0 aliphatic rings. The average Bonchev–Trinajstić information content (AvgIpc) is 2.37. The first-order chi connectivity index (χ1) is 9.32. The van der Waals surface area contributed by atoms with Crippen molar-refractivity contribution in [3.63, 3.8) is 0 Å². The summed E-state index contributed by atoms with van der Waals surface area (Å²) in [5.74, 6) is -2.14. The summed E-state index contributed by atoms with van der Waals surface area (Å²) < 4.78 is 13.3. The fourth-order valence-electron chi connectivity index (χ4n) is 1.74. The summed E-state index contributed by atoms with van der Waals surface area (Å²) in [4.78, 5) is 25.7. The van der Waals surface area contributed by atoms with Gasteiger partial charge in [0.05, 0.1) is 5.56 Å². The molecule has 0 saturated heterocycles. The second kappa shape index (κ2) is 6.98. The average molecular weight is 282 g/mol. The van der Waals surface area contributed by atoms with Crippen molar-refractivity contribution in [1.29, 1.82) is 0 Å². The number of nitrogens with zero attached hydrogens (tertiary/aromatic N) is 1. The van der Waals surface area contributed by atoms with E-state index in [4.69, 9.17) is 5.11 Å². The lowest BCUT2D eigenvalue weighted by Crippen LogP contribution is -2.29. The zero-order valence-electron chi connectivity index (χ0n) is 11.6. The van der Waals surface area contributed by atoms with Crippen LogP contribution in [-0.2, 0) is 4.79 Å². The van der Waals surface area contributed by atoms with Gasteiger partial charge in [-0.05, 0) is 30.4 Å². The van der Waals surface area contributed by atoms with Gasteiger partial charge in [-0.25, -0.2) is 4.98 Å². The van der Waals surface area contributed by atoms with E-state index in [2.05, 4.69) is 10.3 Å². The predicted molar refractivity (Wildman–Crippen MR) is 71.8 cm³/mol. The Bertz CT molecular complexity index is 489. The maximum absolute atomic E-state index is 13.3. The second-order valence-electron chi connectivity index (χ2n) is 5.41. The fourth-order valence-corrected chi connectivity index (χ4v) is 1.74. The van der Waals surface area contributed by atoms with Crippen molar-refractivity contribution >= 4 is 11.9 Å². The van der Waals surface area contributed by atoms with Crippen LogP contribution in [0.15, 0.2) is 18.3 Å². The molecule has 110 valence electrons. The number of carbonyl (C=O) groups is 2. The number of pyridine rings is 1. The van der Waals surface area contributed by atoms with E-state index < -0.39 is 17.8 Å². The van der Waals surface area contributed by atoms with E-state index in [9.17, 15) is 14.0 Å². The minimum absolute atomic E-state index is 0.0872. The smallest absolute Gasteiger partial charge is 0.303 e. The molecule has 1 aromatic heterocycles. The molecule has 20 heavy (non-hydrogen) atoms. The van der Waals surface area contributed by atoms with Crippen molar-refractivity contribution < 1.29 is 19.1 Å². The third-order valence-corrected chi connectivity index (χ3v) is 3.11. The third-order valence-electron chi connectivity index (χ3n) is 3.11. The van der Waals surface area contributed by atoms with E-state index >= 15 is 0 Å². The van der Waals surface area contributed by atoms with Gasteiger partial charge in [-0.1, -0.05) is 13.8 Å². The molecule has 0 unspecified atom stereocenters. The number of aromatic nitrogens is 1. The molecule has 0 saturated carbocycles. The number of hydrogen-bond acceptors (Lipinski definition) is 3. The van der Waals surface area contributed by atoms with Crippen LogP contribution in [0, 0.1) is 11.4 Å². The van der Waals surface area contributed by atoms with Crippen molar-refractivity contribution in [3.8, 4) is 0 Å². The molecule has 1 heterocycles. The maximum Gasteiger partial charge on any atom is 0.303 e. The number of carboxylic acids is 1. The van der Waals surface area contributed by atoms with Crippen LogP contribution in [0.3, 0.4) is 0 Å². The number of halogens is 1. The van der Waals surface area contributed by atoms with E-state index in [0.29, 0.717) is 19.4 Å². The van der Waals surface area contributed by atoms with Crippen molar-refractivity contribution in [2.45, 2.75) is 33.1 Å². The molecule has 0 aromatic carbocycles. The zero-order valence-corrected chi connectivity index (χ0v) is 11.6. The first kappa shape index (κ1) is 16.1. The highest BCUT2D eigenvalue weighted by Gasteiger charge is 2.20. The van der Waals surface area contributed by atoms with Gasteiger partial charge in [-0.3, -0.25) is 9.59 Å². The van der Waals surface area contributed by atoms with Crippen molar-refractivity contribution in [2.75, 3.05) is 6.54 Å². The summed E-state index contributed by atoms with van der Waals surface area (Å²) in [5.41, 5.74) is -0.282. The van der Waals surface area contributed by atoms with Crippen LogP contribution in [0.2, 0.25) is 0 Å². The van der Waals surface area contributed by atoms with E-state index in [1.165, 1.54) is 18.3 Å². The van der Waals surface area contributed by atoms with Crippen LogP contribution in [0.25, 0.3) is 0 Å². The SMILES string of the molecule is CC(C)(CCNC(=O)c1cccnc1F)CCC(=O)O. The molecule has 0 fully saturated rings. The maximum atomic E-state index is 13.3. The van der Waals surface area contributed by atoms with Gasteiger partial charge < -0.3 is 10.4 Å². The van der Waals surface area contributed by atoms with Crippen LogP contribution in [0.4, 0.5) is 4.39 Å². The largest absolute Gasteiger partial charge is 0.481 e. The molecule has 0 aliphatic carbocycles. The Morgan fingerprint density at radius 3 is 2.70 bits per heavy atom. The number of carbonyl (C=O) groups excluding carboxylic acids is 1. The Hall–Kier alpha value is -1.98. The zero-order chi connectivity index (χ0) is 15.2. The Kier molecular flexibility index (Phi) is 5.61. The molecule has 1 aromatic rings. The summed E-state index contributed by atoms with van der Waals surface area (Å²) in [5, 5.41) is 11.3. The van der Waals surface area contributed by atoms with Crippen LogP contribution in [0.1, 0.15) is 43.5 Å². The van der Waals surface area contributed by atoms with Crippen molar-refractivity contribution in [1.82, 2.24) is 10.3 Å². The summed E-state index contributed by atoms with van der Waals surface area (Å²) in [6.45, 7) is 4.24. The quantitative estimate of drug-likeness (QED) is 0.752. The minimum Gasteiger partial charge on any atom is -0.481 e. The van der Waals surface area contributed by atoms with Crippen LogP contribution in [0.5, 0.6) is 0 Å². The Morgan fingerprint density at radius 2 is 2.10 bits per heavy atom. The molecule has 0 bridgehead atoms. The topological polar surface area (TPSA) is 79.3 Å². The molecule has 0 radical (unpaired) electrons. The molecule has 6 heteroatoms. The lowest BCUT2D eigenvalue weighted by molar-refractivity contribution is -0.137. The molecule has 1 amide bonds. The lowest BCUT2D eigenvalue weighted by atomic mass is 9.84. The fraction of sp³-hybridized carbons (Fsp3) is 0.500. The molecule has 0 spiro atoms. The first-order valence-electron chi connectivity index (χ1n) is 6.42. The van der Waals surface area contributed by atoms with Gasteiger partial charge >= 0.3 is 5.97 Å². The molecule has 5 nitrogen and oxygen atoms in total. The predicted octanol–water partition coefficient (Wildman–Crippen LogP) is 2.23. The summed E-state index contributed by atoms with van der Waals surface area (Å²) >= 11 is 0. The van der Waals surface area contributed by atoms with Gasteiger partial charge in [-0.15, -0.1) is 0 Å². The standard InChI is InChI=1S/C14H19FN2O3/c1-14(2,6-5-11(18)19)7-9-17-13(20)10-4-3-8-16-12(10)15/h3-4,8H,5-7,9H2,1-2H3,(H,17,20)(H,18,19). The normalized spacial score (nSPS) is 11.2. The molecule has 0 aliphatic heterocycles. The summed E-state index contributed by atoms with van der Waals surface area (Å²) in [6.07, 6.45) is 2.52. The van der Waals surface area contributed by atoms with E-state index in [1.807, 2.05) is 13.8 Å².